The molecule has 0 fully saturated rings. The van der Waals surface area contributed by atoms with E-state index in [9.17, 15) is 4.79 Å². The minimum Gasteiger partial charge on any atom is -0.324 e. The number of hydrogen-bond donors (Lipinski definition) is 1. The highest BCUT2D eigenvalue weighted by Crippen LogP contribution is 2.10. The van der Waals surface area contributed by atoms with Gasteiger partial charge < -0.3 is 4.90 Å². The van der Waals surface area contributed by atoms with Crippen LogP contribution in [0.25, 0.3) is 0 Å². The molecule has 0 spiro atoms. The molecule has 86 valence electrons. The summed E-state index contributed by atoms with van der Waals surface area (Å²) in [5.74, 6) is 0.573. The number of urea groups is 1. The van der Waals surface area contributed by atoms with Crippen molar-refractivity contribution in [3.8, 4) is 0 Å². The Morgan fingerprint density at radius 1 is 1.56 bits per heavy atom. The number of likely N-dealkylation sites (N-methyl/N-ethyl adjacent to an activating group) is 1. The van der Waals surface area contributed by atoms with Crippen LogP contribution in [0.5, 0.6) is 0 Å². The number of aromatic nitrogens is 1. The van der Waals surface area contributed by atoms with Gasteiger partial charge in [0.1, 0.15) is 5.82 Å². The fourth-order valence-electron chi connectivity index (χ4n) is 1.17. The van der Waals surface area contributed by atoms with E-state index in [1.807, 2.05) is 19.9 Å². The molecule has 0 saturated heterocycles. The Morgan fingerprint density at radius 2 is 2.25 bits per heavy atom. The lowest BCUT2D eigenvalue weighted by atomic mass is 10.2. The van der Waals surface area contributed by atoms with Crippen LogP contribution in [-0.2, 0) is 0 Å². The van der Waals surface area contributed by atoms with Crippen LogP contribution >= 0.6 is 0 Å². The molecule has 0 bridgehead atoms. The van der Waals surface area contributed by atoms with Crippen molar-refractivity contribution in [2.75, 3.05) is 18.9 Å². The lowest BCUT2D eigenvalue weighted by Gasteiger charge is -2.15. The molecule has 1 heterocycles. The first-order valence-electron chi connectivity index (χ1n) is 5.11. The summed E-state index contributed by atoms with van der Waals surface area (Å²) in [4.78, 5) is 17.3. The molecular formula is C12H17N3O. The second kappa shape index (κ2) is 5.30. The molecule has 0 radical (unpaired) electrons. The van der Waals surface area contributed by atoms with Crippen LogP contribution in [0.2, 0.25) is 0 Å². The molecule has 1 aromatic rings. The van der Waals surface area contributed by atoms with Gasteiger partial charge in [0.2, 0.25) is 0 Å². The van der Waals surface area contributed by atoms with Gasteiger partial charge in [-0.2, -0.15) is 0 Å². The number of pyridine rings is 1. The molecule has 1 rings (SSSR count). The quantitative estimate of drug-likeness (QED) is 0.793. The predicted molar refractivity (Wildman–Crippen MR) is 65.6 cm³/mol. The van der Waals surface area contributed by atoms with E-state index in [4.69, 9.17) is 0 Å². The van der Waals surface area contributed by atoms with Gasteiger partial charge in [0, 0.05) is 19.8 Å². The molecule has 4 heteroatoms. The molecular weight excluding hydrogens is 202 g/mol. The van der Waals surface area contributed by atoms with Gasteiger partial charge in [0.05, 0.1) is 0 Å². The van der Waals surface area contributed by atoms with E-state index >= 15 is 0 Å². The van der Waals surface area contributed by atoms with Crippen LogP contribution in [0.1, 0.15) is 11.1 Å². The molecule has 0 atom stereocenters. The third kappa shape index (κ3) is 3.08. The Bertz CT molecular complexity index is 401. The Hall–Kier alpha value is -1.84. The van der Waals surface area contributed by atoms with Crippen molar-refractivity contribution < 1.29 is 4.79 Å². The van der Waals surface area contributed by atoms with Gasteiger partial charge in [-0.3, -0.25) is 5.32 Å². The standard InChI is InChI=1S/C12H17N3O/c1-5-6-15(4)12(16)14-11-7-9(2)10(3)8-13-11/h5,7-8H,1,6H2,2-4H3,(H,13,14,16). The molecule has 0 unspecified atom stereocenters. The van der Waals surface area contributed by atoms with Crippen molar-refractivity contribution >= 4 is 11.8 Å². The first-order valence-corrected chi connectivity index (χ1v) is 5.11. The fourth-order valence-corrected chi connectivity index (χ4v) is 1.17. The SMILES string of the molecule is C=CCN(C)C(=O)Nc1cc(C)c(C)cn1. The molecule has 1 aromatic heterocycles. The zero-order valence-electron chi connectivity index (χ0n) is 9.95. The first-order chi connectivity index (χ1) is 7.54. The second-order valence-electron chi connectivity index (χ2n) is 3.75. The Morgan fingerprint density at radius 3 is 2.81 bits per heavy atom. The third-order valence-corrected chi connectivity index (χ3v) is 2.36. The zero-order valence-corrected chi connectivity index (χ0v) is 9.95. The first kappa shape index (κ1) is 12.2. The molecule has 0 aliphatic heterocycles. The van der Waals surface area contributed by atoms with E-state index in [2.05, 4.69) is 16.9 Å². The highest BCUT2D eigenvalue weighted by atomic mass is 16.2. The van der Waals surface area contributed by atoms with Gasteiger partial charge in [-0.15, -0.1) is 6.58 Å². The molecule has 4 nitrogen and oxygen atoms in total. The van der Waals surface area contributed by atoms with E-state index in [1.165, 1.54) is 4.90 Å². The van der Waals surface area contributed by atoms with Crippen LogP contribution in [0, 0.1) is 13.8 Å². The number of rotatable bonds is 3. The largest absolute Gasteiger partial charge is 0.324 e. The number of nitrogens with one attached hydrogen (secondary N) is 1. The molecule has 16 heavy (non-hydrogen) atoms. The van der Waals surface area contributed by atoms with Crippen LogP contribution in [0.4, 0.5) is 10.6 Å². The second-order valence-corrected chi connectivity index (χ2v) is 3.75. The Balaban J connectivity index is 2.69. The molecule has 2 amide bonds. The minimum atomic E-state index is -0.185. The number of hydrogen-bond acceptors (Lipinski definition) is 2. The van der Waals surface area contributed by atoms with Crippen molar-refractivity contribution in [2.45, 2.75) is 13.8 Å². The molecule has 0 saturated carbocycles. The summed E-state index contributed by atoms with van der Waals surface area (Å²) in [6.45, 7) is 8.06. The molecule has 0 aromatic carbocycles. The van der Waals surface area contributed by atoms with Gasteiger partial charge in [0.15, 0.2) is 0 Å². The van der Waals surface area contributed by atoms with Crippen LogP contribution in [-0.4, -0.2) is 29.5 Å². The predicted octanol–water partition coefficient (Wildman–Crippen LogP) is 2.35. The van der Waals surface area contributed by atoms with Crippen LogP contribution < -0.4 is 5.32 Å². The monoisotopic (exact) mass is 219 g/mol. The van der Waals surface area contributed by atoms with Crippen LogP contribution in [0.15, 0.2) is 24.9 Å². The van der Waals surface area contributed by atoms with E-state index in [0.29, 0.717) is 12.4 Å². The number of carbonyl (C=O) groups is 1. The van der Waals surface area contributed by atoms with E-state index in [1.54, 1.807) is 19.3 Å². The fraction of sp³-hybridized carbons (Fsp3) is 0.333. The van der Waals surface area contributed by atoms with E-state index in [-0.39, 0.29) is 6.03 Å². The number of amides is 2. The average molecular weight is 219 g/mol. The molecule has 1 N–H and O–H groups in total. The maximum Gasteiger partial charge on any atom is 0.323 e. The third-order valence-electron chi connectivity index (χ3n) is 2.36. The number of anilines is 1. The summed E-state index contributed by atoms with van der Waals surface area (Å²) >= 11 is 0. The van der Waals surface area contributed by atoms with Gasteiger partial charge in [-0.25, -0.2) is 9.78 Å². The summed E-state index contributed by atoms with van der Waals surface area (Å²) in [5, 5.41) is 2.72. The Kier molecular flexibility index (Phi) is 4.05. The summed E-state index contributed by atoms with van der Waals surface area (Å²) in [7, 11) is 1.71. The van der Waals surface area contributed by atoms with Crippen molar-refractivity contribution in [1.29, 1.82) is 0 Å². The minimum absolute atomic E-state index is 0.185. The van der Waals surface area contributed by atoms with Gasteiger partial charge >= 0.3 is 6.03 Å². The highest BCUT2D eigenvalue weighted by Gasteiger charge is 2.07. The summed E-state index contributed by atoms with van der Waals surface area (Å²) in [6.07, 6.45) is 3.42. The normalized spacial score (nSPS) is 9.69. The number of carbonyl (C=O) groups excluding carboxylic acids is 1. The maximum absolute atomic E-state index is 11.6. The van der Waals surface area contributed by atoms with Crippen molar-refractivity contribution in [3.05, 3.63) is 36.0 Å². The van der Waals surface area contributed by atoms with E-state index in [0.717, 1.165) is 11.1 Å². The summed E-state index contributed by atoms with van der Waals surface area (Å²) in [5.41, 5.74) is 2.22. The van der Waals surface area contributed by atoms with Gasteiger partial charge in [-0.1, -0.05) is 6.08 Å². The lowest BCUT2D eigenvalue weighted by Crippen LogP contribution is -2.31. The van der Waals surface area contributed by atoms with Crippen molar-refractivity contribution in [3.63, 3.8) is 0 Å². The van der Waals surface area contributed by atoms with Crippen molar-refractivity contribution in [2.24, 2.45) is 0 Å². The maximum atomic E-state index is 11.6. The highest BCUT2D eigenvalue weighted by molar-refractivity contribution is 5.88. The average Bonchev–Trinajstić information content (AvgIpc) is 2.24. The zero-order chi connectivity index (χ0) is 12.1. The smallest absolute Gasteiger partial charge is 0.323 e. The number of aryl methyl sites for hydroxylation is 2. The molecule has 0 aliphatic rings. The summed E-state index contributed by atoms with van der Waals surface area (Å²) < 4.78 is 0. The lowest BCUT2D eigenvalue weighted by molar-refractivity contribution is 0.226. The van der Waals surface area contributed by atoms with Gasteiger partial charge in [-0.05, 0) is 31.0 Å². The summed E-state index contributed by atoms with van der Waals surface area (Å²) in [6, 6.07) is 1.67. The van der Waals surface area contributed by atoms with Crippen LogP contribution in [0.3, 0.4) is 0 Å². The van der Waals surface area contributed by atoms with Crippen molar-refractivity contribution in [1.82, 2.24) is 9.88 Å². The molecule has 0 aliphatic carbocycles. The topological polar surface area (TPSA) is 45.2 Å². The Labute approximate surface area is 96.0 Å². The van der Waals surface area contributed by atoms with E-state index < -0.39 is 0 Å². The van der Waals surface area contributed by atoms with Gasteiger partial charge in [0.25, 0.3) is 0 Å². The number of nitrogens with zero attached hydrogens (tertiary/aromatic N) is 2.